The van der Waals surface area contributed by atoms with E-state index in [1.165, 1.54) is 17.8 Å². The van der Waals surface area contributed by atoms with Crippen LogP contribution in [0.5, 0.6) is 0 Å². The summed E-state index contributed by atoms with van der Waals surface area (Å²) < 4.78 is 6.70. The minimum absolute atomic E-state index is 0.0305. The molecule has 0 aliphatic carbocycles. The molecule has 2 aromatic heterocycles. The third kappa shape index (κ3) is 2.04. The summed E-state index contributed by atoms with van der Waals surface area (Å²) in [5, 5.41) is 29.2. The number of ketones is 1. The van der Waals surface area contributed by atoms with Crippen LogP contribution in [0, 0.1) is 0 Å². The number of carbonyl (C=O) groups is 1. The lowest BCUT2D eigenvalue weighted by atomic mass is 10.1. The van der Waals surface area contributed by atoms with Crippen LogP contribution in [0.4, 0.5) is 5.82 Å². The highest BCUT2D eigenvalue weighted by Crippen LogP contribution is 2.33. The molecule has 2 aromatic rings. The molecule has 1 aliphatic heterocycles. The topological polar surface area (TPSA) is 157 Å². The molecular weight excluding hydrogens is 294 g/mol. The summed E-state index contributed by atoms with van der Waals surface area (Å²) in [5.41, 5.74) is 6.12. The summed E-state index contributed by atoms with van der Waals surface area (Å²) >= 11 is 0. The van der Waals surface area contributed by atoms with Gasteiger partial charge in [0.1, 0.15) is 24.6 Å². The molecule has 5 N–H and O–H groups in total. The number of aromatic nitrogens is 4. The van der Waals surface area contributed by atoms with Crippen LogP contribution in [0.15, 0.2) is 6.33 Å². The molecule has 22 heavy (non-hydrogen) atoms. The minimum atomic E-state index is -1.36. The maximum Gasteiger partial charge on any atom is 0.195 e. The van der Waals surface area contributed by atoms with E-state index < -0.39 is 36.9 Å². The van der Waals surface area contributed by atoms with Gasteiger partial charge in [-0.1, -0.05) is 0 Å². The van der Waals surface area contributed by atoms with Gasteiger partial charge in [-0.3, -0.25) is 9.36 Å². The molecule has 0 bridgehead atoms. The first-order valence-electron chi connectivity index (χ1n) is 6.57. The van der Waals surface area contributed by atoms with E-state index in [4.69, 9.17) is 10.5 Å². The Morgan fingerprint density at radius 1 is 1.41 bits per heavy atom. The monoisotopic (exact) mass is 309 g/mol. The molecule has 0 saturated carbocycles. The zero-order chi connectivity index (χ0) is 16.0. The number of aliphatic hydroxyl groups is 3. The summed E-state index contributed by atoms with van der Waals surface area (Å²) in [7, 11) is 0. The largest absolute Gasteiger partial charge is 0.394 e. The normalized spacial score (nSPS) is 28.4. The minimum Gasteiger partial charge on any atom is -0.394 e. The summed E-state index contributed by atoms with van der Waals surface area (Å²) in [5.74, 6) is -0.342. The molecule has 118 valence electrons. The quantitative estimate of drug-likeness (QED) is 0.481. The van der Waals surface area contributed by atoms with Crippen molar-refractivity contribution in [3.8, 4) is 0 Å². The molecular formula is C12H15N5O5. The lowest BCUT2D eigenvalue weighted by Gasteiger charge is -2.18. The average Bonchev–Trinajstić information content (AvgIpc) is 3.00. The molecule has 3 heterocycles. The van der Waals surface area contributed by atoms with E-state index in [1.807, 2.05) is 0 Å². The third-order valence-corrected chi connectivity index (χ3v) is 3.59. The first-order chi connectivity index (χ1) is 10.5. The number of aliphatic hydroxyl groups excluding tert-OH is 3. The van der Waals surface area contributed by atoms with E-state index >= 15 is 0 Å². The van der Waals surface area contributed by atoms with E-state index in [9.17, 15) is 20.1 Å². The Balaban J connectivity index is 2.19. The molecule has 0 amide bonds. The predicted octanol–water partition coefficient (Wildman–Crippen LogP) is -1.78. The van der Waals surface area contributed by atoms with Crippen LogP contribution >= 0.6 is 0 Å². The fourth-order valence-electron chi connectivity index (χ4n) is 2.51. The molecule has 1 aliphatic rings. The molecule has 0 aromatic carbocycles. The molecule has 10 heteroatoms. The molecule has 1 fully saturated rings. The van der Waals surface area contributed by atoms with E-state index in [-0.39, 0.29) is 22.8 Å². The average molecular weight is 309 g/mol. The molecule has 0 radical (unpaired) electrons. The Labute approximate surface area is 124 Å². The van der Waals surface area contributed by atoms with Crippen molar-refractivity contribution in [1.82, 2.24) is 19.5 Å². The van der Waals surface area contributed by atoms with Crippen molar-refractivity contribution in [2.75, 3.05) is 12.3 Å². The highest BCUT2D eigenvalue weighted by atomic mass is 16.6. The van der Waals surface area contributed by atoms with Crippen molar-refractivity contribution in [3.63, 3.8) is 0 Å². The zero-order valence-electron chi connectivity index (χ0n) is 11.6. The van der Waals surface area contributed by atoms with Gasteiger partial charge in [0.2, 0.25) is 0 Å². The van der Waals surface area contributed by atoms with Crippen LogP contribution in [-0.4, -0.2) is 65.5 Å². The maximum atomic E-state index is 11.8. The Kier molecular flexibility index (Phi) is 3.53. The number of hydrogen-bond donors (Lipinski definition) is 4. The van der Waals surface area contributed by atoms with Crippen LogP contribution in [0.1, 0.15) is 23.8 Å². The van der Waals surface area contributed by atoms with Gasteiger partial charge in [0, 0.05) is 6.92 Å². The van der Waals surface area contributed by atoms with Gasteiger partial charge >= 0.3 is 0 Å². The first kappa shape index (κ1) is 14.8. The number of fused-ring (bicyclic) bond motifs is 1. The summed E-state index contributed by atoms with van der Waals surface area (Å²) in [6.07, 6.45) is -3.56. The van der Waals surface area contributed by atoms with E-state index in [2.05, 4.69) is 15.0 Å². The summed E-state index contributed by atoms with van der Waals surface area (Å²) in [6, 6.07) is 0. The Hall–Kier alpha value is -2.14. The van der Waals surface area contributed by atoms with Gasteiger partial charge in [-0.05, 0) is 0 Å². The number of Topliss-reactive ketones (excluding diaryl/α,β-unsaturated/α-hetero) is 1. The molecule has 2 unspecified atom stereocenters. The van der Waals surface area contributed by atoms with Crippen LogP contribution < -0.4 is 5.73 Å². The van der Waals surface area contributed by atoms with Crippen molar-refractivity contribution in [2.24, 2.45) is 0 Å². The highest BCUT2D eigenvalue weighted by Gasteiger charge is 2.45. The van der Waals surface area contributed by atoms with Crippen molar-refractivity contribution in [3.05, 3.63) is 12.2 Å². The van der Waals surface area contributed by atoms with Gasteiger partial charge in [0.25, 0.3) is 0 Å². The predicted molar refractivity (Wildman–Crippen MR) is 72.7 cm³/mol. The number of nitrogens with zero attached hydrogens (tertiary/aromatic N) is 4. The lowest BCUT2D eigenvalue weighted by molar-refractivity contribution is -0.0517. The maximum absolute atomic E-state index is 11.8. The van der Waals surface area contributed by atoms with E-state index in [0.717, 1.165) is 0 Å². The molecule has 1 saturated heterocycles. The van der Waals surface area contributed by atoms with Gasteiger partial charge in [-0.25, -0.2) is 15.0 Å². The number of rotatable bonds is 3. The van der Waals surface area contributed by atoms with E-state index in [1.54, 1.807) is 0 Å². The van der Waals surface area contributed by atoms with Gasteiger partial charge in [-0.2, -0.15) is 0 Å². The van der Waals surface area contributed by atoms with Gasteiger partial charge in [0.05, 0.1) is 6.61 Å². The number of anilines is 1. The standard InChI is InChI=1S/C12H15N5O5/c1-4(19)10-16-6-9(13)14-3-15-11(6)17(10)12-8(21)7(20)5(2-18)22-12/h3,5,7-8,12,18,20-21H,2H2,1H3,(H2,13,14,15)/t5-,7?,8?,12-/m1/s1. The molecule has 10 nitrogen and oxygen atoms in total. The number of hydrogen-bond acceptors (Lipinski definition) is 9. The number of nitrogens with two attached hydrogens (primary N) is 1. The van der Waals surface area contributed by atoms with Gasteiger partial charge < -0.3 is 25.8 Å². The molecule has 4 atom stereocenters. The summed E-state index contributed by atoms with van der Waals surface area (Å²) in [4.78, 5) is 23.7. The summed E-state index contributed by atoms with van der Waals surface area (Å²) in [6.45, 7) is 0.816. The molecule has 3 rings (SSSR count). The fourth-order valence-corrected chi connectivity index (χ4v) is 2.51. The Morgan fingerprint density at radius 3 is 2.73 bits per heavy atom. The number of imidazole rings is 1. The van der Waals surface area contributed by atoms with Gasteiger partial charge in [-0.15, -0.1) is 0 Å². The lowest BCUT2D eigenvalue weighted by Crippen LogP contribution is -2.33. The van der Waals surface area contributed by atoms with E-state index in [0.29, 0.717) is 0 Å². The smallest absolute Gasteiger partial charge is 0.195 e. The van der Waals surface area contributed by atoms with Crippen LogP contribution in [0.25, 0.3) is 11.2 Å². The number of nitrogen functional groups attached to an aromatic ring is 1. The van der Waals surface area contributed by atoms with Crippen LogP contribution in [0.3, 0.4) is 0 Å². The second-order valence-corrected chi connectivity index (χ2v) is 5.02. The second kappa shape index (κ2) is 5.25. The van der Waals surface area contributed by atoms with Crippen molar-refractivity contribution < 1.29 is 24.9 Å². The fraction of sp³-hybridized carbons (Fsp3) is 0.500. The van der Waals surface area contributed by atoms with Crippen LogP contribution in [0.2, 0.25) is 0 Å². The van der Waals surface area contributed by atoms with Crippen molar-refractivity contribution >= 4 is 22.8 Å². The van der Waals surface area contributed by atoms with Gasteiger partial charge in [0.15, 0.2) is 34.8 Å². The van der Waals surface area contributed by atoms with Crippen molar-refractivity contribution in [1.29, 1.82) is 0 Å². The Morgan fingerprint density at radius 2 is 2.14 bits per heavy atom. The zero-order valence-corrected chi connectivity index (χ0v) is 11.6. The number of ether oxygens (including phenoxy) is 1. The van der Waals surface area contributed by atoms with Crippen molar-refractivity contribution in [2.45, 2.75) is 31.5 Å². The number of carbonyl (C=O) groups excluding carboxylic acids is 1. The third-order valence-electron chi connectivity index (χ3n) is 3.59. The Bertz CT molecular complexity index is 732. The molecule has 0 spiro atoms. The first-order valence-corrected chi connectivity index (χ1v) is 6.57. The highest BCUT2D eigenvalue weighted by molar-refractivity contribution is 5.95. The second-order valence-electron chi connectivity index (χ2n) is 5.02. The SMILES string of the molecule is CC(=O)c1nc2c(N)ncnc2n1[C@@H]1O[C@H](CO)C(O)C1O. The van der Waals surface area contributed by atoms with Crippen LogP contribution in [-0.2, 0) is 4.74 Å².